The zero-order valence-electron chi connectivity index (χ0n) is 7.08. The van der Waals surface area contributed by atoms with Crippen molar-refractivity contribution in [2.24, 2.45) is 11.8 Å². The maximum atomic E-state index is 10.6. The molecule has 0 unspecified atom stereocenters. The predicted molar refractivity (Wildman–Crippen MR) is 41.8 cm³/mol. The molecule has 1 aliphatic rings. The van der Waals surface area contributed by atoms with E-state index < -0.39 is 29.9 Å². The summed E-state index contributed by atoms with van der Waals surface area (Å²) in [6.45, 7) is -0.525. The fraction of sp³-hybridized carbons (Fsp3) is 0.571. The van der Waals surface area contributed by atoms with Gasteiger partial charge >= 0.3 is 18.0 Å². The molecule has 1 rings (SSSR count). The van der Waals surface area contributed by atoms with Crippen LogP contribution in [0.3, 0.4) is 0 Å². The zero-order valence-corrected chi connectivity index (χ0v) is 7.08. The van der Waals surface area contributed by atoms with Crippen molar-refractivity contribution in [1.82, 2.24) is 4.90 Å². The minimum Gasteiger partial charge on any atom is -0.481 e. The van der Waals surface area contributed by atoms with Crippen molar-refractivity contribution in [3.8, 4) is 0 Å². The average molecular weight is 203 g/mol. The summed E-state index contributed by atoms with van der Waals surface area (Å²) in [7, 11) is 0. The lowest BCUT2D eigenvalue weighted by molar-refractivity contribution is -0.151. The van der Waals surface area contributed by atoms with Gasteiger partial charge in [0, 0.05) is 13.1 Å². The SMILES string of the molecule is O=C(O)[C@H]1CN(C(=O)O)C[C@H]1C(=O)O. The summed E-state index contributed by atoms with van der Waals surface area (Å²) in [5.41, 5.74) is 0. The van der Waals surface area contributed by atoms with Crippen LogP contribution in [0.2, 0.25) is 0 Å². The molecule has 0 aromatic rings. The van der Waals surface area contributed by atoms with Gasteiger partial charge in [-0.2, -0.15) is 0 Å². The number of carboxylic acid groups (broad SMARTS) is 3. The molecule has 1 amide bonds. The first-order valence-electron chi connectivity index (χ1n) is 3.87. The first kappa shape index (κ1) is 10.3. The van der Waals surface area contributed by atoms with Crippen molar-refractivity contribution in [1.29, 1.82) is 0 Å². The Morgan fingerprint density at radius 1 is 0.929 bits per heavy atom. The van der Waals surface area contributed by atoms with Crippen LogP contribution < -0.4 is 0 Å². The second-order valence-corrected chi connectivity index (χ2v) is 3.08. The highest BCUT2D eigenvalue weighted by Crippen LogP contribution is 2.23. The summed E-state index contributed by atoms with van der Waals surface area (Å²) in [5, 5.41) is 25.9. The van der Waals surface area contributed by atoms with E-state index in [4.69, 9.17) is 15.3 Å². The van der Waals surface area contributed by atoms with Crippen LogP contribution in [0, 0.1) is 11.8 Å². The average Bonchev–Trinajstić information content (AvgIpc) is 2.47. The van der Waals surface area contributed by atoms with E-state index in [0.29, 0.717) is 0 Å². The standard InChI is InChI=1S/C7H9NO6/c9-5(10)3-1-8(7(13)14)2-4(3)6(11)12/h3-4H,1-2H2,(H,9,10)(H,11,12)(H,13,14)/t3-,4+. The molecular weight excluding hydrogens is 194 g/mol. The molecule has 1 aliphatic heterocycles. The highest BCUT2D eigenvalue weighted by Gasteiger charge is 2.43. The smallest absolute Gasteiger partial charge is 0.407 e. The second kappa shape index (κ2) is 3.52. The van der Waals surface area contributed by atoms with Gasteiger partial charge in [0.25, 0.3) is 0 Å². The van der Waals surface area contributed by atoms with Crippen molar-refractivity contribution in [3.63, 3.8) is 0 Å². The van der Waals surface area contributed by atoms with Crippen LogP contribution in [0.5, 0.6) is 0 Å². The monoisotopic (exact) mass is 203 g/mol. The van der Waals surface area contributed by atoms with Gasteiger partial charge in [0.15, 0.2) is 0 Å². The number of carbonyl (C=O) groups is 3. The van der Waals surface area contributed by atoms with Crippen LogP contribution in [0.15, 0.2) is 0 Å². The van der Waals surface area contributed by atoms with E-state index in [1.165, 1.54) is 0 Å². The molecule has 3 N–H and O–H groups in total. The minimum atomic E-state index is -1.29. The largest absolute Gasteiger partial charge is 0.481 e. The quantitative estimate of drug-likeness (QED) is 0.551. The van der Waals surface area contributed by atoms with Crippen LogP contribution >= 0.6 is 0 Å². The Labute approximate surface area is 78.6 Å². The van der Waals surface area contributed by atoms with Gasteiger partial charge < -0.3 is 20.2 Å². The van der Waals surface area contributed by atoms with E-state index in [1.54, 1.807) is 0 Å². The summed E-state index contributed by atoms with van der Waals surface area (Å²) < 4.78 is 0. The van der Waals surface area contributed by atoms with E-state index in [9.17, 15) is 14.4 Å². The lowest BCUT2D eigenvalue weighted by Crippen LogP contribution is -2.28. The first-order valence-corrected chi connectivity index (χ1v) is 3.87. The highest BCUT2D eigenvalue weighted by molar-refractivity contribution is 5.82. The number of amides is 1. The minimum absolute atomic E-state index is 0.262. The molecule has 0 aromatic carbocycles. The molecule has 0 saturated carbocycles. The van der Waals surface area contributed by atoms with E-state index in [-0.39, 0.29) is 13.1 Å². The Hall–Kier alpha value is -1.79. The summed E-state index contributed by atoms with van der Waals surface area (Å²) in [4.78, 5) is 32.5. The van der Waals surface area contributed by atoms with Crippen molar-refractivity contribution < 1.29 is 29.7 Å². The van der Waals surface area contributed by atoms with Crippen LogP contribution in [0.4, 0.5) is 4.79 Å². The molecule has 0 bridgehead atoms. The number of hydrogen-bond donors (Lipinski definition) is 3. The molecule has 0 aliphatic carbocycles. The molecule has 7 nitrogen and oxygen atoms in total. The van der Waals surface area contributed by atoms with Crippen LogP contribution in [-0.4, -0.2) is 51.3 Å². The predicted octanol–water partition coefficient (Wildman–Crippen LogP) is -0.618. The summed E-state index contributed by atoms with van der Waals surface area (Å²) >= 11 is 0. The summed E-state index contributed by atoms with van der Waals surface area (Å²) in [6.07, 6.45) is -1.29. The molecule has 2 atom stereocenters. The molecular formula is C7H9NO6. The number of carboxylic acids is 2. The molecule has 1 fully saturated rings. The Morgan fingerprint density at radius 3 is 1.50 bits per heavy atom. The lowest BCUT2D eigenvalue weighted by Gasteiger charge is -2.09. The normalized spacial score (nSPS) is 26.1. The van der Waals surface area contributed by atoms with Gasteiger partial charge in [-0.05, 0) is 0 Å². The highest BCUT2D eigenvalue weighted by atomic mass is 16.4. The van der Waals surface area contributed by atoms with E-state index in [0.717, 1.165) is 4.90 Å². The maximum absolute atomic E-state index is 10.6. The van der Waals surface area contributed by atoms with E-state index in [2.05, 4.69) is 0 Å². The molecule has 0 spiro atoms. The van der Waals surface area contributed by atoms with Gasteiger partial charge in [-0.15, -0.1) is 0 Å². The van der Waals surface area contributed by atoms with Gasteiger partial charge in [0.05, 0.1) is 11.8 Å². The molecule has 78 valence electrons. The van der Waals surface area contributed by atoms with Crippen molar-refractivity contribution in [2.75, 3.05) is 13.1 Å². The number of rotatable bonds is 2. The van der Waals surface area contributed by atoms with Gasteiger partial charge in [-0.3, -0.25) is 9.59 Å². The van der Waals surface area contributed by atoms with Gasteiger partial charge in [-0.25, -0.2) is 4.79 Å². The third-order valence-corrected chi connectivity index (χ3v) is 2.22. The van der Waals surface area contributed by atoms with Crippen molar-refractivity contribution >= 4 is 18.0 Å². The van der Waals surface area contributed by atoms with Crippen LogP contribution in [0.25, 0.3) is 0 Å². The number of nitrogens with zero attached hydrogens (tertiary/aromatic N) is 1. The van der Waals surface area contributed by atoms with Gasteiger partial charge in [0.1, 0.15) is 0 Å². The number of likely N-dealkylation sites (tertiary alicyclic amines) is 1. The molecule has 1 heterocycles. The summed E-state index contributed by atoms with van der Waals surface area (Å²) in [5.74, 6) is -4.85. The molecule has 14 heavy (non-hydrogen) atoms. The van der Waals surface area contributed by atoms with E-state index in [1.807, 2.05) is 0 Å². The van der Waals surface area contributed by atoms with Gasteiger partial charge in [-0.1, -0.05) is 0 Å². The topological polar surface area (TPSA) is 115 Å². The number of hydrogen-bond acceptors (Lipinski definition) is 3. The van der Waals surface area contributed by atoms with Crippen molar-refractivity contribution in [2.45, 2.75) is 0 Å². The Balaban J connectivity index is 2.80. The fourth-order valence-corrected chi connectivity index (χ4v) is 1.46. The third-order valence-electron chi connectivity index (χ3n) is 2.22. The Morgan fingerprint density at radius 2 is 1.29 bits per heavy atom. The Kier molecular flexibility index (Phi) is 2.59. The summed E-state index contributed by atoms with van der Waals surface area (Å²) in [6, 6.07) is 0. The molecule has 7 heteroatoms. The fourth-order valence-electron chi connectivity index (χ4n) is 1.46. The van der Waals surface area contributed by atoms with Crippen LogP contribution in [0.1, 0.15) is 0 Å². The lowest BCUT2D eigenvalue weighted by atomic mass is 9.97. The number of aliphatic carboxylic acids is 2. The molecule has 0 aromatic heterocycles. The third kappa shape index (κ3) is 1.76. The zero-order chi connectivity index (χ0) is 10.9. The maximum Gasteiger partial charge on any atom is 0.407 e. The van der Waals surface area contributed by atoms with Crippen molar-refractivity contribution in [3.05, 3.63) is 0 Å². The Bertz CT molecular complexity index is 266. The van der Waals surface area contributed by atoms with Gasteiger partial charge in [0.2, 0.25) is 0 Å². The molecule has 1 saturated heterocycles. The van der Waals surface area contributed by atoms with Crippen LogP contribution in [-0.2, 0) is 9.59 Å². The van der Waals surface area contributed by atoms with E-state index >= 15 is 0 Å². The first-order chi connectivity index (χ1) is 6.43. The second-order valence-electron chi connectivity index (χ2n) is 3.08. The molecule has 0 radical (unpaired) electrons.